The summed E-state index contributed by atoms with van der Waals surface area (Å²) in [6, 6.07) is 19.4. The van der Waals surface area contributed by atoms with Crippen LogP contribution in [0.5, 0.6) is 0 Å². The third kappa shape index (κ3) is 4.40. The monoisotopic (exact) mass is 533 g/mol. The summed E-state index contributed by atoms with van der Waals surface area (Å²) < 4.78 is 30.3. The average molecular weight is 534 g/mol. The first kappa shape index (κ1) is 23.7. The molecule has 0 atom stereocenters. The first-order valence-electron chi connectivity index (χ1n) is 11.8. The molecule has 0 N–H and O–H groups in total. The Bertz CT molecular complexity index is 1720. The van der Waals surface area contributed by atoms with Gasteiger partial charge in [0, 0.05) is 62.0 Å². The molecule has 0 spiro atoms. The Balaban J connectivity index is 1.21. The Morgan fingerprint density at radius 1 is 0.946 bits per heavy atom. The molecule has 2 aromatic heterocycles. The number of nitro groups is 1. The number of benzene rings is 3. The molecule has 9 nitrogen and oxygen atoms in total. The fraction of sp³-hybridized carbons (Fsp3) is 0.192. The van der Waals surface area contributed by atoms with Crippen LogP contribution in [0.2, 0.25) is 0 Å². The average Bonchev–Trinajstić information content (AvgIpc) is 3.51. The minimum atomic E-state index is -3.59. The van der Waals surface area contributed by atoms with Gasteiger partial charge in [-0.1, -0.05) is 30.3 Å². The number of hydrogen-bond acceptors (Lipinski definition) is 7. The molecule has 0 bridgehead atoms. The smallest absolute Gasteiger partial charge is 0.269 e. The fourth-order valence-corrected chi connectivity index (χ4v) is 6.96. The second-order valence-electron chi connectivity index (χ2n) is 8.96. The Morgan fingerprint density at radius 3 is 2.41 bits per heavy atom. The normalized spacial score (nSPS) is 15.5. The van der Waals surface area contributed by atoms with Crippen molar-refractivity contribution in [1.82, 2.24) is 18.6 Å². The molecule has 0 amide bonds. The van der Waals surface area contributed by atoms with E-state index in [1.54, 1.807) is 28.6 Å². The molecular formula is C26H23N5O4S2. The topological polar surface area (TPSA) is 101 Å². The van der Waals surface area contributed by atoms with Gasteiger partial charge in [-0.05, 0) is 35.0 Å². The molecule has 3 heterocycles. The van der Waals surface area contributed by atoms with E-state index in [1.165, 1.54) is 23.5 Å². The van der Waals surface area contributed by atoms with Crippen molar-refractivity contribution in [1.29, 1.82) is 0 Å². The summed E-state index contributed by atoms with van der Waals surface area (Å²) in [6.45, 7) is 2.56. The summed E-state index contributed by atoms with van der Waals surface area (Å²) in [7, 11) is -3.59. The van der Waals surface area contributed by atoms with Gasteiger partial charge in [0.2, 0.25) is 10.0 Å². The van der Waals surface area contributed by atoms with Crippen LogP contribution in [-0.2, 0) is 16.6 Å². The lowest BCUT2D eigenvalue weighted by molar-refractivity contribution is -0.384. The minimum absolute atomic E-state index is 0.0371. The second kappa shape index (κ2) is 9.34. The van der Waals surface area contributed by atoms with Gasteiger partial charge in [0.05, 0.1) is 21.2 Å². The van der Waals surface area contributed by atoms with E-state index in [-0.39, 0.29) is 5.69 Å². The van der Waals surface area contributed by atoms with E-state index in [4.69, 9.17) is 4.98 Å². The number of rotatable bonds is 6. The molecule has 1 aliphatic rings. The van der Waals surface area contributed by atoms with Gasteiger partial charge in [-0.2, -0.15) is 4.31 Å². The lowest BCUT2D eigenvalue weighted by Crippen LogP contribution is -2.48. The molecule has 6 rings (SSSR count). The highest BCUT2D eigenvalue weighted by Crippen LogP contribution is 2.30. The number of thiazole rings is 1. The zero-order valence-electron chi connectivity index (χ0n) is 19.7. The quantitative estimate of drug-likeness (QED) is 0.233. The van der Waals surface area contributed by atoms with Crippen molar-refractivity contribution in [3.8, 4) is 11.3 Å². The van der Waals surface area contributed by atoms with Gasteiger partial charge in [0.1, 0.15) is 0 Å². The van der Waals surface area contributed by atoms with Crippen LogP contribution < -0.4 is 0 Å². The number of non-ortho nitro benzene ring substituents is 1. The summed E-state index contributed by atoms with van der Waals surface area (Å²) in [5.41, 5.74) is 2.62. The van der Waals surface area contributed by atoms with Crippen LogP contribution >= 0.6 is 11.3 Å². The minimum Gasteiger partial charge on any atom is -0.295 e. The second-order valence-corrected chi connectivity index (χ2v) is 11.8. The number of imidazole rings is 1. The number of fused-ring (bicyclic) bond motifs is 2. The first-order valence-corrected chi connectivity index (χ1v) is 14.1. The Morgan fingerprint density at radius 2 is 1.68 bits per heavy atom. The highest BCUT2D eigenvalue weighted by Gasteiger charge is 2.29. The van der Waals surface area contributed by atoms with Crippen molar-refractivity contribution in [2.75, 3.05) is 26.2 Å². The van der Waals surface area contributed by atoms with Gasteiger partial charge in [-0.15, -0.1) is 11.3 Å². The third-order valence-corrected chi connectivity index (χ3v) is 9.43. The molecule has 11 heteroatoms. The highest BCUT2D eigenvalue weighted by molar-refractivity contribution is 7.89. The Labute approximate surface area is 217 Å². The van der Waals surface area contributed by atoms with Crippen LogP contribution in [0, 0.1) is 10.1 Å². The highest BCUT2D eigenvalue weighted by atomic mass is 32.2. The number of nitro benzene ring substituents is 1. The Kier molecular flexibility index (Phi) is 6.00. The van der Waals surface area contributed by atoms with Crippen LogP contribution in [0.25, 0.3) is 27.0 Å². The molecular weight excluding hydrogens is 510 g/mol. The van der Waals surface area contributed by atoms with Crippen molar-refractivity contribution in [2.24, 2.45) is 0 Å². The number of piperazine rings is 1. The van der Waals surface area contributed by atoms with Crippen LogP contribution in [0.15, 0.2) is 83.2 Å². The molecule has 5 aromatic rings. The van der Waals surface area contributed by atoms with Gasteiger partial charge in [0.15, 0.2) is 4.96 Å². The number of aromatic nitrogens is 2. The van der Waals surface area contributed by atoms with E-state index in [2.05, 4.69) is 4.90 Å². The van der Waals surface area contributed by atoms with Crippen molar-refractivity contribution in [3.05, 3.63) is 94.1 Å². The molecule has 0 radical (unpaired) electrons. The van der Waals surface area contributed by atoms with Gasteiger partial charge in [0.25, 0.3) is 5.69 Å². The fourth-order valence-electron chi connectivity index (χ4n) is 4.77. The molecule has 0 aliphatic carbocycles. The predicted octanol–water partition coefficient (Wildman–Crippen LogP) is 4.63. The lowest BCUT2D eigenvalue weighted by Gasteiger charge is -2.34. The Hall–Kier alpha value is -3.64. The maximum absolute atomic E-state index is 13.4. The predicted molar refractivity (Wildman–Crippen MR) is 143 cm³/mol. The maximum Gasteiger partial charge on any atom is 0.269 e. The summed E-state index contributed by atoms with van der Waals surface area (Å²) in [5, 5.41) is 14.9. The summed E-state index contributed by atoms with van der Waals surface area (Å²) >= 11 is 1.53. The van der Waals surface area contributed by atoms with Gasteiger partial charge in [-0.25, -0.2) is 13.4 Å². The van der Waals surface area contributed by atoms with E-state index >= 15 is 0 Å². The number of hydrogen-bond donors (Lipinski definition) is 0. The van der Waals surface area contributed by atoms with Gasteiger partial charge < -0.3 is 0 Å². The van der Waals surface area contributed by atoms with Crippen molar-refractivity contribution in [2.45, 2.75) is 11.4 Å². The number of sulfonamides is 1. The molecule has 3 aromatic carbocycles. The van der Waals surface area contributed by atoms with Crippen LogP contribution in [-0.4, -0.2) is 58.1 Å². The molecule has 1 fully saturated rings. The number of nitrogens with zero attached hydrogens (tertiary/aromatic N) is 5. The van der Waals surface area contributed by atoms with E-state index in [0.717, 1.165) is 32.7 Å². The van der Waals surface area contributed by atoms with Crippen LogP contribution in [0.4, 0.5) is 5.69 Å². The lowest BCUT2D eigenvalue weighted by atomic mass is 10.1. The van der Waals surface area contributed by atoms with Crippen molar-refractivity contribution < 1.29 is 13.3 Å². The maximum atomic E-state index is 13.4. The van der Waals surface area contributed by atoms with Gasteiger partial charge >= 0.3 is 0 Å². The van der Waals surface area contributed by atoms with Crippen LogP contribution in [0.1, 0.15) is 5.69 Å². The van der Waals surface area contributed by atoms with Crippen molar-refractivity contribution >= 4 is 42.8 Å². The van der Waals surface area contributed by atoms with E-state index < -0.39 is 14.9 Å². The van der Waals surface area contributed by atoms with Crippen LogP contribution in [0.3, 0.4) is 0 Å². The largest absolute Gasteiger partial charge is 0.295 e. The zero-order valence-corrected chi connectivity index (χ0v) is 21.4. The van der Waals surface area contributed by atoms with E-state index in [1.807, 2.05) is 46.3 Å². The summed E-state index contributed by atoms with van der Waals surface area (Å²) in [4.78, 5) is 18.8. The van der Waals surface area contributed by atoms with Gasteiger partial charge in [-0.3, -0.25) is 19.4 Å². The SMILES string of the molecule is O=[N+]([O-])c1ccc(-c2nc3sccn3c2CN2CCN(S(=O)(=O)c3ccc4ccccc4c3)CC2)cc1. The first-order chi connectivity index (χ1) is 17.9. The summed E-state index contributed by atoms with van der Waals surface area (Å²) in [6.07, 6.45) is 1.97. The summed E-state index contributed by atoms with van der Waals surface area (Å²) in [5.74, 6) is 0. The zero-order chi connectivity index (χ0) is 25.6. The third-order valence-electron chi connectivity index (χ3n) is 6.78. The molecule has 37 heavy (non-hydrogen) atoms. The van der Waals surface area contributed by atoms with E-state index in [9.17, 15) is 18.5 Å². The molecule has 1 aliphatic heterocycles. The van der Waals surface area contributed by atoms with E-state index in [0.29, 0.717) is 37.6 Å². The van der Waals surface area contributed by atoms with Crippen molar-refractivity contribution in [3.63, 3.8) is 0 Å². The molecule has 0 unspecified atom stereocenters. The molecule has 0 saturated carbocycles. The molecule has 188 valence electrons. The molecule has 1 saturated heterocycles. The standard InChI is InChI=1S/C26H23N5O4S2/c32-31(33)22-8-5-20(6-9-22)25-24(30-15-16-36-26(30)27-25)18-28-11-13-29(14-12-28)37(34,35)23-10-7-19-3-1-2-4-21(19)17-23/h1-10,15-17H,11-14,18H2.